The van der Waals surface area contributed by atoms with Gasteiger partial charge in [-0.3, -0.25) is 19.0 Å². The van der Waals surface area contributed by atoms with Gasteiger partial charge in [-0.1, -0.05) is 0 Å². The topological polar surface area (TPSA) is 100.0 Å². The fourth-order valence-electron chi connectivity index (χ4n) is 2.64. The van der Waals surface area contributed by atoms with Crippen LogP contribution in [0, 0.1) is 0 Å². The van der Waals surface area contributed by atoms with Crippen LogP contribution in [0.15, 0.2) is 23.3 Å². The molecule has 0 unspecified atom stereocenters. The summed E-state index contributed by atoms with van der Waals surface area (Å²) in [6, 6.07) is 3.26. The number of fused-ring (bicyclic) bond motifs is 1. The zero-order chi connectivity index (χ0) is 21.6. The molecule has 9 nitrogen and oxygen atoms in total. The second-order valence-electron chi connectivity index (χ2n) is 6.83. The molecule has 0 aliphatic heterocycles. The maximum absolute atomic E-state index is 12.7. The van der Waals surface area contributed by atoms with Crippen molar-refractivity contribution in [1.82, 2.24) is 14.5 Å². The van der Waals surface area contributed by atoms with E-state index in [-0.39, 0.29) is 30.5 Å². The van der Waals surface area contributed by atoms with Gasteiger partial charge in [0, 0.05) is 32.1 Å². The number of aryl methyl sites for hydroxylation is 1. The first-order valence-electron chi connectivity index (χ1n) is 9.31. The Hall–Kier alpha value is -3.10. The van der Waals surface area contributed by atoms with Gasteiger partial charge in [-0.25, -0.2) is 4.98 Å². The fraction of sp³-hybridized carbons (Fsp3) is 0.500. The van der Waals surface area contributed by atoms with E-state index in [1.165, 1.54) is 30.0 Å². The van der Waals surface area contributed by atoms with Gasteiger partial charge >= 0.3 is 5.97 Å². The lowest BCUT2D eigenvalue weighted by Crippen LogP contribution is -2.36. The fourth-order valence-corrected chi connectivity index (χ4v) is 2.64. The molecule has 2 rings (SSSR count). The van der Waals surface area contributed by atoms with E-state index in [1.807, 2.05) is 13.8 Å². The van der Waals surface area contributed by atoms with Crippen LogP contribution in [0.5, 0.6) is 11.5 Å². The molecule has 2 aromatic rings. The Kier molecular flexibility index (Phi) is 7.58. The number of benzene rings is 1. The number of hydrogen-bond donors (Lipinski definition) is 0. The van der Waals surface area contributed by atoms with Crippen LogP contribution in [0.1, 0.15) is 26.7 Å². The molecule has 0 aliphatic rings. The minimum atomic E-state index is -0.483. The molecule has 1 amide bonds. The number of esters is 1. The summed E-state index contributed by atoms with van der Waals surface area (Å²) < 4.78 is 16.9. The average Bonchev–Trinajstić information content (AvgIpc) is 2.72. The summed E-state index contributed by atoms with van der Waals surface area (Å²) in [5, 5.41) is 0.398. The van der Waals surface area contributed by atoms with Gasteiger partial charge in [-0.2, -0.15) is 0 Å². The maximum Gasteiger partial charge on any atom is 0.306 e. The third-order valence-electron chi connectivity index (χ3n) is 4.63. The molecule has 1 heterocycles. The van der Waals surface area contributed by atoms with Crippen molar-refractivity contribution >= 4 is 22.8 Å². The van der Waals surface area contributed by atoms with Crippen molar-refractivity contribution in [2.75, 3.05) is 27.9 Å². The Labute approximate surface area is 169 Å². The van der Waals surface area contributed by atoms with Crippen molar-refractivity contribution < 1.29 is 23.8 Å². The lowest BCUT2D eigenvalue weighted by atomic mass is 10.2. The van der Waals surface area contributed by atoms with Crippen LogP contribution in [-0.2, 0) is 20.9 Å². The van der Waals surface area contributed by atoms with E-state index in [0.717, 1.165) is 0 Å². The number of likely N-dealkylation sites (N-methyl/N-ethyl adjacent to an activating group) is 1. The predicted molar refractivity (Wildman–Crippen MR) is 107 cm³/mol. The van der Waals surface area contributed by atoms with Gasteiger partial charge in [0.05, 0.1) is 31.4 Å². The Bertz CT molecular complexity index is 938. The van der Waals surface area contributed by atoms with Crippen molar-refractivity contribution in [2.45, 2.75) is 39.3 Å². The third-order valence-corrected chi connectivity index (χ3v) is 4.63. The molecule has 9 heteroatoms. The Morgan fingerprint density at radius 2 is 1.83 bits per heavy atom. The van der Waals surface area contributed by atoms with Crippen molar-refractivity contribution in [3.8, 4) is 11.5 Å². The van der Waals surface area contributed by atoms with Crippen LogP contribution in [0.25, 0.3) is 10.9 Å². The molecule has 0 atom stereocenters. The third kappa shape index (κ3) is 5.46. The van der Waals surface area contributed by atoms with Gasteiger partial charge in [0.25, 0.3) is 11.5 Å². The quantitative estimate of drug-likeness (QED) is 0.584. The van der Waals surface area contributed by atoms with Crippen LogP contribution >= 0.6 is 0 Å². The highest BCUT2D eigenvalue weighted by Crippen LogP contribution is 2.29. The molecule has 0 N–H and O–H groups in total. The first-order chi connectivity index (χ1) is 13.8. The van der Waals surface area contributed by atoms with E-state index in [9.17, 15) is 14.4 Å². The molecule has 0 spiro atoms. The number of hydrogen-bond acceptors (Lipinski definition) is 7. The molecule has 158 valence electrons. The standard InChI is InChI=1S/C20H27N3O6/c1-13(2)22(3)18(24)11-29-19(25)7-6-8-23-12-21-15-10-17(28-5)16(27-4)9-14(15)20(23)26/h9-10,12-13H,6-8,11H2,1-5H3. The van der Waals surface area contributed by atoms with E-state index in [1.54, 1.807) is 19.2 Å². The number of methoxy groups -OCH3 is 2. The Balaban J connectivity index is 1.97. The van der Waals surface area contributed by atoms with Crippen LogP contribution < -0.4 is 15.0 Å². The second kappa shape index (κ2) is 9.90. The van der Waals surface area contributed by atoms with Crippen molar-refractivity contribution in [3.63, 3.8) is 0 Å². The van der Waals surface area contributed by atoms with Crippen molar-refractivity contribution in [2.24, 2.45) is 0 Å². The van der Waals surface area contributed by atoms with E-state index < -0.39 is 5.97 Å². The summed E-state index contributed by atoms with van der Waals surface area (Å²) in [7, 11) is 4.66. The van der Waals surface area contributed by atoms with E-state index in [2.05, 4.69) is 4.98 Å². The Morgan fingerprint density at radius 1 is 1.17 bits per heavy atom. The highest BCUT2D eigenvalue weighted by atomic mass is 16.5. The first-order valence-corrected chi connectivity index (χ1v) is 9.31. The molecule has 1 aromatic heterocycles. The molecule has 0 fully saturated rings. The first kappa shape index (κ1) is 22.2. The highest BCUT2D eigenvalue weighted by Gasteiger charge is 2.15. The summed E-state index contributed by atoms with van der Waals surface area (Å²) >= 11 is 0. The number of carbonyl (C=O) groups excluding carboxylic acids is 2. The molecule has 0 radical (unpaired) electrons. The zero-order valence-electron chi connectivity index (χ0n) is 17.4. The molecule has 0 bridgehead atoms. The number of amides is 1. The van der Waals surface area contributed by atoms with Crippen LogP contribution in [0.2, 0.25) is 0 Å². The number of nitrogens with zero attached hydrogens (tertiary/aromatic N) is 3. The minimum absolute atomic E-state index is 0.0343. The van der Waals surface area contributed by atoms with E-state index >= 15 is 0 Å². The number of aromatic nitrogens is 2. The smallest absolute Gasteiger partial charge is 0.306 e. The summed E-state index contributed by atoms with van der Waals surface area (Å²) in [5.74, 6) is 0.192. The molecular formula is C20H27N3O6. The SMILES string of the molecule is COc1cc2ncn(CCCC(=O)OCC(=O)N(C)C(C)C)c(=O)c2cc1OC. The van der Waals surface area contributed by atoms with Crippen molar-refractivity contribution in [1.29, 1.82) is 0 Å². The second-order valence-corrected chi connectivity index (χ2v) is 6.83. The molecule has 0 saturated carbocycles. The van der Waals surface area contributed by atoms with Crippen molar-refractivity contribution in [3.05, 3.63) is 28.8 Å². The Morgan fingerprint density at radius 3 is 2.45 bits per heavy atom. The monoisotopic (exact) mass is 405 g/mol. The van der Waals surface area contributed by atoms with Gasteiger partial charge in [0.1, 0.15) is 0 Å². The van der Waals surface area contributed by atoms with Gasteiger partial charge in [0.15, 0.2) is 18.1 Å². The summed E-state index contributed by atoms with van der Waals surface area (Å²) in [6.45, 7) is 3.76. The molecule has 0 aliphatic carbocycles. The van der Waals surface area contributed by atoms with E-state index in [4.69, 9.17) is 14.2 Å². The lowest BCUT2D eigenvalue weighted by Gasteiger charge is -2.21. The average molecular weight is 405 g/mol. The van der Waals surface area contributed by atoms with Gasteiger partial charge in [0.2, 0.25) is 0 Å². The molecule has 1 aromatic carbocycles. The highest BCUT2D eigenvalue weighted by molar-refractivity contribution is 5.82. The van der Waals surface area contributed by atoms with Crippen LogP contribution in [-0.4, -0.2) is 60.2 Å². The maximum atomic E-state index is 12.7. The van der Waals surface area contributed by atoms with Crippen LogP contribution in [0.3, 0.4) is 0 Å². The summed E-state index contributed by atoms with van der Waals surface area (Å²) in [6.07, 6.45) is 1.91. The van der Waals surface area contributed by atoms with E-state index in [0.29, 0.717) is 35.4 Å². The van der Waals surface area contributed by atoms with Gasteiger partial charge in [-0.15, -0.1) is 0 Å². The minimum Gasteiger partial charge on any atom is -0.493 e. The van der Waals surface area contributed by atoms with Crippen LogP contribution in [0.4, 0.5) is 0 Å². The zero-order valence-corrected chi connectivity index (χ0v) is 17.4. The molecule has 0 saturated heterocycles. The van der Waals surface area contributed by atoms with Gasteiger partial charge < -0.3 is 19.1 Å². The normalized spacial score (nSPS) is 10.8. The molecule has 29 heavy (non-hydrogen) atoms. The number of ether oxygens (including phenoxy) is 3. The summed E-state index contributed by atoms with van der Waals surface area (Å²) in [5.41, 5.74) is 0.258. The largest absolute Gasteiger partial charge is 0.493 e. The summed E-state index contributed by atoms with van der Waals surface area (Å²) in [4.78, 5) is 42.2. The number of carbonyl (C=O) groups is 2. The lowest BCUT2D eigenvalue weighted by molar-refractivity contribution is -0.152. The predicted octanol–water partition coefficient (Wildman–Crippen LogP) is 1.60. The number of rotatable bonds is 9. The van der Waals surface area contributed by atoms with Gasteiger partial charge in [-0.05, 0) is 26.3 Å². The molecular weight excluding hydrogens is 378 g/mol.